The maximum atomic E-state index is 12.9. The fourth-order valence-electron chi connectivity index (χ4n) is 3.63. The Morgan fingerprint density at radius 1 is 1.29 bits per heavy atom. The van der Waals surface area contributed by atoms with E-state index < -0.39 is 11.7 Å². The van der Waals surface area contributed by atoms with E-state index in [1.54, 1.807) is 4.90 Å². The van der Waals surface area contributed by atoms with E-state index in [1.165, 1.54) is 6.07 Å². The molecule has 0 bridgehead atoms. The maximum absolute atomic E-state index is 12.9. The van der Waals surface area contributed by atoms with Crippen LogP contribution in [0.5, 0.6) is 0 Å². The SMILES string of the molecule is CN1CCC2C(CCN2C(=O)Nc2ccc(Cl)c(C(F)(F)F)c2)C1. The third kappa shape index (κ3) is 3.47. The van der Waals surface area contributed by atoms with Crippen molar-refractivity contribution in [1.82, 2.24) is 9.80 Å². The van der Waals surface area contributed by atoms with Crippen molar-refractivity contribution in [1.29, 1.82) is 0 Å². The van der Waals surface area contributed by atoms with Gasteiger partial charge in [0.2, 0.25) is 0 Å². The van der Waals surface area contributed by atoms with Gasteiger partial charge in [0, 0.05) is 24.8 Å². The Hall–Kier alpha value is -1.47. The molecule has 0 spiro atoms. The van der Waals surface area contributed by atoms with Crippen LogP contribution in [0, 0.1) is 5.92 Å². The molecule has 132 valence electrons. The zero-order chi connectivity index (χ0) is 17.5. The van der Waals surface area contributed by atoms with Crippen LogP contribution in [-0.4, -0.2) is 48.6 Å². The molecule has 1 aromatic carbocycles. The van der Waals surface area contributed by atoms with Gasteiger partial charge in [-0.1, -0.05) is 11.6 Å². The van der Waals surface area contributed by atoms with Gasteiger partial charge >= 0.3 is 12.2 Å². The molecule has 2 saturated heterocycles. The van der Waals surface area contributed by atoms with Crippen LogP contribution in [0.25, 0.3) is 0 Å². The Labute approximate surface area is 143 Å². The van der Waals surface area contributed by atoms with E-state index in [9.17, 15) is 18.0 Å². The van der Waals surface area contributed by atoms with Crippen LogP contribution in [0.2, 0.25) is 5.02 Å². The number of piperidine rings is 1. The molecule has 24 heavy (non-hydrogen) atoms. The number of hydrogen-bond acceptors (Lipinski definition) is 2. The molecule has 2 amide bonds. The van der Waals surface area contributed by atoms with Crippen molar-refractivity contribution >= 4 is 23.3 Å². The number of carbonyl (C=O) groups is 1. The van der Waals surface area contributed by atoms with Gasteiger partial charge in [-0.15, -0.1) is 0 Å². The van der Waals surface area contributed by atoms with E-state index in [0.29, 0.717) is 12.5 Å². The zero-order valence-corrected chi connectivity index (χ0v) is 14.0. The fourth-order valence-corrected chi connectivity index (χ4v) is 3.86. The number of urea groups is 1. The summed E-state index contributed by atoms with van der Waals surface area (Å²) in [6.07, 6.45) is -2.73. The number of benzene rings is 1. The first-order valence-electron chi connectivity index (χ1n) is 7.88. The Morgan fingerprint density at radius 2 is 2.04 bits per heavy atom. The van der Waals surface area contributed by atoms with E-state index in [2.05, 4.69) is 17.3 Å². The van der Waals surface area contributed by atoms with Crippen molar-refractivity contribution in [2.24, 2.45) is 5.92 Å². The predicted octanol–water partition coefficient (Wildman–Crippen LogP) is 3.92. The van der Waals surface area contributed by atoms with Crippen LogP contribution in [0.4, 0.5) is 23.7 Å². The number of likely N-dealkylation sites (tertiary alicyclic amines) is 2. The molecule has 0 aromatic heterocycles. The van der Waals surface area contributed by atoms with Crippen molar-refractivity contribution in [3.63, 3.8) is 0 Å². The number of carbonyl (C=O) groups excluding carboxylic acids is 1. The first-order chi connectivity index (χ1) is 11.3. The highest BCUT2D eigenvalue weighted by Crippen LogP contribution is 2.36. The fraction of sp³-hybridized carbons (Fsp3) is 0.562. The topological polar surface area (TPSA) is 35.6 Å². The monoisotopic (exact) mass is 361 g/mol. The van der Waals surface area contributed by atoms with Crippen LogP contribution < -0.4 is 5.32 Å². The Balaban J connectivity index is 1.72. The lowest BCUT2D eigenvalue weighted by Gasteiger charge is -2.36. The lowest BCUT2D eigenvalue weighted by molar-refractivity contribution is -0.137. The number of nitrogens with zero attached hydrogens (tertiary/aromatic N) is 2. The van der Waals surface area contributed by atoms with Crippen molar-refractivity contribution < 1.29 is 18.0 Å². The van der Waals surface area contributed by atoms with Crippen LogP contribution in [0.1, 0.15) is 18.4 Å². The first-order valence-corrected chi connectivity index (χ1v) is 8.26. The average molecular weight is 362 g/mol. The van der Waals surface area contributed by atoms with Crippen molar-refractivity contribution in [3.8, 4) is 0 Å². The molecule has 0 saturated carbocycles. The predicted molar refractivity (Wildman–Crippen MR) is 86.2 cm³/mol. The summed E-state index contributed by atoms with van der Waals surface area (Å²) in [5, 5.41) is 2.20. The largest absolute Gasteiger partial charge is 0.417 e. The van der Waals surface area contributed by atoms with Crippen LogP contribution in [0.15, 0.2) is 18.2 Å². The van der Waals surface area contributed by atoms with Crippen molar-refractivity contribution in [2.75, 3.05) is 32.0 Å². The molecule has 2 aliphatic rings. The van der Waals surface area contributed by atoms with Gasteiger partial charge in [0.25, 0.3) is 0 Å². The van der Waals surface area contributed by atoms with Gasteiger partial charge in [0.15, 0.2) is 0 Å². The normalized spacial score (nSPS) is 24.8. The molecule has 1 N–H and O–H groups in total. The summed E-state index contributed by atoms with van der Waals surface area (Å²) in [5.41, 5.74) is -0.839. The minimum Gasteiger partial charge on any atom is -0.321 e. The molecule has 2 heterocycles. The molecular weight excluding hydrogens is 343 g/mol. The van der Waals surface area contributed by atoms with Crippen molar-refractivity contribution in [2.45, 2.75) is 25.1 Å². The second-order valence-corrected chi connectivity index (χ2v) is 6.89. The second kappa shape index (κ2) is 6.44. The number of nitrogens with one attached hydrogen (secondary N) is 1. The number of fused-ring (bicyclic) bond motifs is 1. The zero-order valence-electron chi connectivity index (χ0n) is 13.2. The maximum Gasteiger partial charge on any atom is 0.417 e. The molecule has 2 atom stereocenters. The number of alkyl halides is 3. The number of halogens is 4. The van der Waals surface area contributed by atoms with Gasteiger partial charge in [-0.2, -0.15) is 13.2 Å². The van der Waals surface area contributed by atoms with E-state index >= 15 is 0 Å². The summed E-state index contributed by atoms with van der Waals surface area (Å²) in [6.45, 7) is 2.51. The third-order valence-electron chi connectivity index (χ3n) is 4.82. The molecule has 4 nitrogen and oxygen atoms in total. The van der Waals surface area contributed by atoms with Gasteiger partial charge in [0.05, 0.1) is 10.6 Å². The molecule has 2 aliphatic heterocycles. The van der Waals surface area contributed by atoms with E-state index in [-0.39, 0.29) is 22.8 Å². The Morgan fingerprint density at radius 3 is 2.75 bits per heavy atom. The number of rotatable bonds is 1. The van der Waals surface area contributed by atoms with Gasteiger partial charge < -0.3 is 15.1 Å². The summed E-state index contributed by atoms with van der Waals surface area (Å²) in [7, 11) is 2.06. The molecular formula is C16H19ClF3N3O. The third-order valence-corrected chi connectivity index (χ3v) is 5.15. The summed E-state index contributed by atoms with van der Waals surface area (Å²) in [6, 6.07) is 3.24. The van der Waals surface area contributed by atoms with E-state index in [0.717, 1.165) is 38.1 Å². The second-order valence-electron chi connectivity index (χ2n) is 6.48. The molecule has 2 fully saturated rings. The van der Waals surface area contributed by atoms with Crippen LogP contribution >= 0.6 is 11.6 Å². The molecule has 0 aliphatic carbocycles. The first kappa shape index (κ1) is 17.4. The van der Waals surface area contributed by atoms with Crippen LogP contribution in [-0.2, 0) is 6.18 Å². The van der Waals surface area contributed by atoms with Gasteiger partial charge in [-0.05, 0) is 50.6 Å². The van der Waals surface area contributed by atoms with Crippen molar-refractivity contribution in [3.05, 3.63) is 28.8 Å². The molecule has 2 unspecified atom stereocenters. The minimum atomic E-state index is -4.55. The quantitative estimate of drug-likeness (QED) is 0.823. The highest BCUT2D eigenvalue weighted by molar-refractivity contribution is 6.31. The minimum absolute atomic E-state index is 0.105. The Bertz CT molecular complexity index is 637. The van der Waals surface area contributed by atoms with Gasteiger partial charge in [0.1, 0.15) is 0 Å². The lowest BCUT2D eigenvalue weighted by Crippen LogP contribution is -2.47. The summed E-state index contributed by atoms with van der Waals surface area (Å²) >= 11 is 5.60. The standard InChI is InChI=1S/C16H19ClF3N3O/c1-22-6-5-14-10(9-22)4-7-23(14)15(24)21-11-2-3-13(17)12(8-11)16(18,19)20/h2-3,8,10,14H,4-7,9H2,1H3,(H,21,24). The summed E-state index contributed by atoms with van der Waals surface area (Å²) in [5.74, 6) is 0.436. The lowest BCUT2D eigenvalue weighted by atomic mass is 9.93. The highest BCUT2D eigenvalue weighted by atomic mass is 35.5. The van der Waals surface area contributed by atoms with Gasteiger partial charge in [-0.25, -0.2) is 4.79 Å². The Kier molecular flexibility index (Phi) is 4.66. The number of amides is 2. The molecule has 0 radical (unpaired) electrons. The summed E-state index contributed by atoms with van der Waals surface area (Å²) in [4.78, 5) is 16.5. The van der Waals surface area contributed by atoms with E-state index in [1.807, 2.05) is 0 Å². The molecule has 8 heteroatoms. The summed E-state index contributed by atoms with van der Waals surface area (Å²) < 4.78 is 38.7. The van der Waals surface area contributed by atoms with Crippen LogP contribution in [0.3, 0.4) is 0 Å². The molecule has 3 rings (SSSR count). The highest BCUT2D eigenvalue weighted by Gasteiger charge is 2.40. The average Bonchev–Trinajstić information content (AvgIpc) is 2.91. The number of anilines is 1. The van der Waals surface area contributed by atoms with Gasteiger partial charge in [-0.3, -0.25) is 0 Å². The van der Waals surface area contributed by atoms with E-state index in [4.69, 9.17) is 11.6 Å². The molecule has 1 aromatic rings. The smallest absolute Gasteiger partial charge is 0.321 e. The number of hydrogen-bond donors (Lipinski definition) is 1.